The van der Waals surface area contributed by atoms with Gasteiger partial charge in [-0.25, -0.2) is 0 Å². The van der Waals surface area contributed by atoms with Gasteiger partial charge in [0.1, 0.15) is 12.4 Å². The molecule has 8 heteroatoms. The van der Waals surface area contributed by atoms with Gasteiger partial charge in [-0.3, -0.25) is 14.4 Å². The fraction of sp³-hybridized carbons (Fsp3) is 0.345. The Morgan fingerprint density at radius 1 is 1.00 bits per heavy atom. The summed E-state index contributed by atoms with van der Waals surface area (Å²) in [5, 5.41) is 9.99. The summed E-state index contributed by atoms with van der Waals surface area (Å²) < 4.78 is 6.75. The summed E-state index contributed by atoms with van der Waals surface area (Å²) in [6.45, 7) is 0.613. The van der Waals surface area contributed by atoms with Crippen molar-refractivity contribution in [2.75, 3.05) is 6.54 Å². The van der Waals surface area contributed by atoms with Crippen LogP contribution in [-0.4, -0.2) is 34.1 Å². The van der Waals surface area contributed by atoms with E-state index in [1.54, 1.807) is 0 Å². The summed E-state index contributed by atoms with van der Waals surface area (Å²) in [6, 6.07) is 13.2. The molecule has 37 heavy (non-hydrogen) atoms. The van der Waals surface area contributed by atoms with Crippen molar-refractivity contribution in [1.82, 2.24) is 4.90 Å². The molecule has 0 atom stereocenters. The van der Waals surface area contributed by atoms with Crippen LogP contribution in [0.1, 0.15) is 62.0 Å². The monoisotopic (exact) mass is 583 g/mol. The number of nitrogens with zero attached hydrogens (tertiary/aromatic N) is 1. The maximum absolute atomic E-state index is 13.3. The number of allylic oxidation sites excluding steroid dienone is 4. The topological polar surface area (TPSA) is 83.9 Å². The number of hydrogen-bond donors (Lipinski definition) is 1. The number of rotatable bonds is 7. The molecule has 0 amide bonds. The molecule has 0 aromatic heterocycles. The second-order valence-corrected chi connectivity index (χ2v) is 10.9. The quantitative estimate of drug-likeness (QED) is 0.396. The van der Waals surface area contributed by atoms with Crippen molar-refractivity contribution < 1.29 is 24.2 Å². The molecule has 2 aromatic rings. The molecule has 192 valence electrons. The Labute approximate surface area is 229 Å². The first-order chi connectivity index (χ1) is 17.8. The van der Waals surface area contributed by atoms with E-state index in [9.17, 15) is 19.5 Å². The third-order valence-electron chi connectivity index (χ3n) is 7.21. The van der Waals surface area contributed by atoms with E-state index >= 15 is 0 Å². The van der Waals surface area contributed by atoms with Crippen molar-refractivity contribution >= 4 is 45.1 Å². The fourth-order valence-corrected chi connectivity index (χ4v) is 6.35. The lowest BCUT2D eigenvalue weighted by Gasteiger charge is -2.44. The maximum Gasteiger partial charge on any atom is 0.305 e. The third-order valence-corrected chi connectivity index (χ3v) is 8.06. The number of Topliss-reactive ketones (excluding diaryl/α,β-unsaturated/α-hetero) is 2. The Morgan fingerprint density at radius 3 is 2.27 bits per heavy atom. The van der Waals surface area contributed by atoms with E-state index in [0.717, 1.165) is 39.8 Å². The maximum atomic E-state index is 13.3. The van der Waals surface area contributed by atoms with Gasteiger partial charge < -0.3 is 14.7 Å². The van der Waals surface area contributed by atoms with E-state index in [1.165, 1.54) is 0 Å². The van der Waals surface area contributed by atoms with Crippen molar-refractivity contribution in [2.24, 2.45) is 0 Å². The lowest BCUT2D eigenvalue weighted by atomic mass is 9.71. The second kappa shape index (κ2) is 10.8. The summed E-state index contributed by atoms with van der Waals surface area (Å²) in [5.74, 6) is -0.628. The summed E-state index contributed by atoms with van der Waals surface area (Å²) >= 11 is 9.72. The molecule has 2 aromatic carbocycles. The first-order valence-corrected chi connectivity index (χ1v) is 13.7. The van der Waals surface area contributed by atoms with Gasteiger partial charge in [-0.15, -0.1) is 0 Å². The van der Waals surface area contributed by atoms with Crippen LogP contribution in [0.5, 0.6) is 5.75 Å². The molecule has 0 saturated carbocycles. The van der Waals surface area contributed by atoms with E-state index in [-0.39, 0.29) is 24.5 Å². The van der Waals surface area contributed by atoms with Gasteiger partial charge in [0.2, 0.25) is 0 Å². The summed E-state index contributed by atoms with van der Waals surface area (Å²) in [5.41, 5.74) is 4.85. The van der Waals surface area contributed by atoms with Crippen LogP contribution in [0.15, 0.2) is 69.5 Å². The average molecular weight is 585 g/mol. The second-order valence-electron chi connectivity index (χ2n) is 9.61. The summed E-state index contributed by atoms with van der Waals surface area (Å²) in [7, 11) is 0. The minimum atomic E-state index is -0.895. The van der Waals surface area contributed by atoms with Crippen molar-refractivity contribution in [1.29, 1.82) is 0 Å². The van der Waals surface area contributed by atoms with Gasteiger partial charge in [-0.05, 0) is 77.0 Å². The van der Waals surface area contributed by atoms with Crippen molar-refractivity contribution in [3.05, 3.63) is 85.6 Å². The van der Waals surface area contributed by atoms with Crippen molar-refractivity contribution in [3.63, 3.8) is 0 Å². The van der Waals surface area contributed by atoms with Crippen LogP contribution >= 0.6 is 27.5 Å². The first kappa shape index (κ1) is 25.7. The standard InChI is InChI=1S/C29H27BrClNO5/c30-20-15-18(10-11-25(20)37-16-17-4-1-5-19(31)14-17)27-28-21(6-2-8-23(28)33)32(13-12-26(35)36)22-7-3-9-24(34)29(22)27/h1,4-5,10-11,14-15,27H,2-3,6-9,12-13,16H2,(H,35,36). The van der Waals surface area contributed by atoms with Gasteiger partial charge in [0, 0.05) is 52.9 Å². The van der Waals surface area contributed by atoms with Crippen LogP contribution in [0.25, 0.3) is 0 Å². The molecule has 5 rings (SSSR count). The van der Waals surface area contributed by atoms with E-state index in [2.05, 4.69) is 15.9 Å². The third kappa shape index (κ3) is 5.25. The van der Waals surface area contributed by atoms with Crippen molar-refractivity contribution in [2.45, 2.75) is 57.5 Å². The van der Waals surface area contributed by atoms with Gasteiger partial charge in [0.15, 0.2) is 11.6 Å². The molecule has 1 heterocycles. The number of carbonyl (C=O) groups is 3. The predicted octanol–water partition coefficient (Wildman–Crippen LogP) is 6.57. The molecule has 6 nitrogen and oxygen atoms in total. The van der Waals surface area contributed by atoms with Gasteiger partial charge in [0.25, 0.3) is 0 Å². The lowest BCUT2D eigenvalue weighted by Crippen LogP contribution is -2.39. The Bertz CT molecular complexity index is 1300. The predicted molar refractivity (Wildman–Crippen MR) is 143 cm³/mol. The Kier molecular flexibility index (Phi) is 7.54. The molecule has 0 unspecified atom stereocenters. The average Bonchev–Trinajstić information content (AvgIpc) is 2.86. The number of benzene rings is 2. The largest absolute Gasteiger partial charge is 0.488 e. The summed E-state index contributed by atoms with van der Waals surface area (Å²) in [4.78, 5) is 40.0. The molecule has 1 N–H and O–H groups in total. The first-order valence-electron chi connectivity index (χ1n) is 12.5. The SMILES string of the molecule is O=C(O)CCN1C2=C(C(=O)CCC2)C(c2ccc(OCc3cccc(Cl)c3)c(Br)c2)C2=C1CCCC2=O. The fourth-order valence-electron chi connectivity index (χ4n) is 5.63. The summed E-state index contributed by atoms with van der Waals surface area (Å²) in [6.07, 6.45) is 3.66. The van der Waals surface area contributed by atoms with Crippen LogP contribution in [0.3, 0.4) is 0 Å². The minimum absolute atomic E-state index is 0.0360. The molecular formula is C29H27BrClNO5. The molecule has 0 saturated heterocycles. The number of hydrogen-bond acceptors (Lipinski definition) is 5. The molecule has 3 aliphatic rings. The number of ether oxygens (including phenoxy) is 1. The van der Waals surface area contributed by atoms with Crippen LogP contribution in [-0.2, 0) is 21.0 Å². The van der Waals surface area contributed by atoms with Gasteiger partial charge in [0.05, 0.1) is 10.9 Å². The highest BCUT2D eigenvalue weighted by Crippen LogP contribution is 2.49. The number of aliphatic carboxylic acids is 1. The number of carbonyl (C=O) groups excluding carboxylic acids is 2. The lowest BCUT2D eigenvalue weighted by molar-refractivity contribution is -0.137. The van der Waals surface area contributed by atoms with Gasteiger partial charge in [-0.1, -0.05) is 29.8 Å². The van der Waals surface area contributed by atoms with Crippen LogP contribution in [0, 0.1) is 0 Å². The minimum Gasteiger partial charge on any atom is -0.488 e. The van der Waals surface area contributed by atoms with Crippen molar-refractivity contribution in [3.8, 4) is 5.75 Å². The Balaban J connectivity index is 1.53. The Hall–Kier alpha value is -2.90. The zero-order chi connectivity index (χ0) is 26.1. The number of carboxylic acids is 1. The van der Waals surface area contributed by atoms with Crippen LogP contribution in [0.4, 0.5) is 0 Å². The molecule has 2 aliphatic carbocycles. The highest BCUT2D eigenvalue weighted by Gasteiger charge is 2.43. The molecule has 0 radical (unpaired) electrons. The van der Waals surface area contributed by atoms with E-state index in [4.69, 9.17) is 16.3 Å². The molecule has 0 fully saturated rings. The van der Waals surface area contributed by atoms with E-state index in [0.29, 0.717) is 54.2 Å². The van der Waals surface area contributed by atoms with Gasteiger partial charge in [-0.2, -0.15) is 0 Å². The molecule has 0 bridgehead atoms. The molecule has 1 aliphatic heterocycles. The number of carboxylic acid groups (broad SMARTS) is 1. The highest BCUT2D eigenvalue weighted by atomic mass is 79.9. The van der Waals surface area contributed by atoms with E-state index in [1.807, 2.05) is 47.4 Å². The highest BCUT2D eigenvalue weighted by molar-refractivity contribution is 9.10. The molecular weight excluding hydrogens is 558 g/mol. The number of halogens is 2. The Morgan fingerprint density at radius 2 is 1.68 bits per heavy atom. The van der Waals surface area contributed by atoms with E-state index < -0.39 is 11.9 Å². The number of ketones is 2. The zero-order valence-corrected chi connectivity index (χ0v) is 22.6. The smallest absolute Gasteiger partial charge is 0.305 e. The molecule has 0 spiro atoms. The van der Waals surface area contributed by atoms with Crippen LogP contribution in [0.2, 0.25) is 5.02 Å². The zero-order valence-electron chi connectivity index (χ0n) is 20.3. The normalized spacial score (nSPS) is 18.2. The van der Waals surface area contributed by atoms with Gasteiger partial charge >= 0.3 is 5.97 Å². The van der Waals surface area contributed by atoms with Crippen LogP contribution < -0.4 is 4.74 Å².